The van der Waals surface area contributed by atoms with Crippen molar-refractivity contribution in [2.24, 2.45) is 17.1 Å². The second-order valence-electron chi connectivity index (χ2n) is 5.07. The van der Waals surface area contributed by atoms with Gasteiger partial charge in [0.15, 0.2) is 0 Å². The summed E-state index contributed by atoms with van der Waals surface area (Å²) in [5.74, 6) is 0.447. The summed E-state index contributed by atoms with van der Waals surface area (Å²) in [6, 6.07) is -0.506. The van der Waals surface area contributed by atoms with Crippen LogP contribution in [0.4, 0.5) is 4.79 Å². The summed E-state index contributed by atoms with van der Waals surface area (Å²) in [6.45, 7) is 1.24. The van der Waals surface area contributed by atoms with Crippen molar-refractivity contribution < 1.29 is 9.59 Å². The number of nitrogens with zero attached hydrogens (tertiary/aromatic N) is 1. The lowest BCUT2D eigenvalue weighted by atomic mass is 9.41. The lowest BCUT2D eigenvalue weighted by molar-refractivity contribution is -0.166. The van der Waals surface area contributed by atoms with Crippen LogP contribution in [0.1, 0.15) is 19.3 Å². The highest BCUT2D eigenvalue weighted by atomic mass is 16.2. The normalized spacial score (nSPS) is 39.1. The van der Waals surface area contributed by atoms with Crippen molar-refractivity contribution in [2.75, 3.05) is 13.1 Å². The molecule has 4 aliphatic rings. The molecule has 15 heavy (non-hydrogen) atoms. The lowest BCUT2D eigenvalue weighted by Gasteiger charge is -2.65. The number of nitrogens with one attached hydrogen (secondary N) is 1. The molecule has 3 amide bonds. The minimum absolute atomic E-state index is 0.0399. The summed E-state index contributed by atoms with van der Waals surface area (Å²) >= 11 is 0. The first-order valence-electron chi connectivity index (χ1n) is 5.46. The Morgan fingerprint density at radius 3 is 2.53 bits per heavy atom. The molecular formula is C10H15N3O2. The van der Waals surface area contributed by atoms with Gasteiger partial charge in [-0.3, -0.25) is 4.79 Å². The van der Waals surface area contributed by atoms with Crippen molar-refractivity contribution in [3.8, 4) is 0 Å². The molecule has 0 radical (unpaired) electrons. The number of rotatable bonds is 3. The zero-order valence-corrected chi connectivity index (χ0v) is 8.53. The van der Waals surface area contributed by atoms with Crippen LogP contribution in [0.2, 0.25) is 0 Å². The largest absolute Gasteiger partial charge is 0.368 e. The molecule has 5 heteroatoms. The molecule has 3 N–H and O–H groups in total. The molecule has 3 aliphatic carbocycles. The highest BCUT2D eigenvalue weighted by Gasteiger charge is 2.64. The van der Waals surface area contributed by atoms with Gasteiger partial charge in [0.05, 0.1) is 0 Å². The number of urea groups is 1. The molecule has 5 nitrogen and oxygen atoms in total. The van der Waals surface area contributed by atoms with Gasteiger partial charge in [-0.1, -0.05) is 0 Å². The van der Waals surface area contributed by atoms with E-state index in [1.807, 2.05) is 0 Å². The fourth-order valence-electron chi connectivity index (χ4n) is 3.40. The van der Waals surface area contributed by atoms with Gasteiger partial charge in [-0.15, -0.1) is 0 Å². The van der Waals surface area contributed by atoms with Gasteiger partial charge in [-0.05, 0) is 25.2 Å². The molecule has 0 aromatic carbocycles. The van der Waals surface area contributed by atoms with Crippen LogP contribution in [0.15, 0.2) is 0 Å². The Labute approximate surface area is 88.0 Å². The van der Waals surface area contributed by atoms with Gasteiger partial charge in [-0.2, -0.15) is 0 Å². The number of hydrogen-bond acceptors (Lipinski definition) is 2. The smallest absolute Gasteiger partial charge is 0.318 e. The van der Waals surface area contributed by atoms with E-state index in [1.165, 1.54) is 0 Å². The van der Waals surface area contributed by atoms with E-state index in [0.29, 0.717) is 13.1 Å². The molecule has 0 aromatic rings. The van der Waals surface area contributed by atoms with Crippen molar-refractivity contribution in [1.82, 2.24) is 10.2 Å². The van der Waals surface area contributed by atoms with Crippen molar-refractivity contribution in [3.05, 3.63) is 0 Å². The maximum absolute atomic E-state index is 11.5. The van der Waals surface area contributed by atoms with Crippen LogP contribution < -0.4 is 11.1 Å². The van der Waals surface area contributed by atoms with Gasteiger partial charge >= 0.3 is 6.03 Å². The number of carbonyl (C=O) groups excluding carboxylic acids is 2. The van der Waals surface area contributed by atoms with Crippen LogP contribution in [0.3, 0.4) is 0 Å². The fourth-order valence-corrected chi connectivity index (χ4v) is 3.40. The third-order valence-corrected chi connectivity index (χ3v) is 4.14. The van der Waals surface area contributed by atoms with Gasteiger partial charge in [0.2, 0.25) is 5.91 Å². The number of carbonyl (C=O) groups is 2. The molecule has 4 rings (SSSR count). The molecule has 2 bridgehead atoms. The first kappa shape index (κ1) is 9.00. The molecular weight excluding hydrogens is 194 g/mol. The van der Waals surface area contributed by atoms with Crippen LogP contribution >= 0.6 is 0 Å². The number of nitrogens with two attached hydrogens (primary N) is 1. The molecule has 1 unspecified atom stereocenters. The molecule has 82 valence electrons. The Morgan fingerprint density at radius 2 is 2.20 bits per heavy atom. The van der Waals surface area contributed by atoms with Crippen LogP contribution in [0.25, 0.3) is 0 Å². The van der Waals surface area contributed by atoms with Crippen LogP contribution in [0.5, 0.6) is 0 Å². The fraction of sp³-hybridized carbons (Fsp3) is 0.800. The van der Waals surface area contributed by atoms with Crippen LogP contribution in [-0.2, 0) is 4.79 Å². The molecule has 1 heterocycles. The summed E-state index contributed by atoms with van der Waals surface area (Å²) < 4.78 is 0. The van der Waals surface area contributed by atoms with Crippen molar-refractivity contribution >= 4 is 11.9 Å². The number of primary amides is 1. The molecule has 1 aliphatic heterocycles. The lowest BCUT2D eigenvalue weighted by Crippen LogP contribution is -2.67. The van der Waals surface area contributed by atoms with Crippen molar-refractivity contribution in [2.45, 2.75) is 25.3 Å². The molecule has 4 fully saturated rings. The Morgan fingerprint density at radius 1 is 1.53 bits per heavy atom. The van der Waals surface area contributed by atoms with Gasteiger partial charge in [0, 0.05) is 18.5 Å². The maximum Gasteiger partial charge on any atom is 0.318 e. The predicted octanol–water partition coefficient (Wildman–Crippen LogP) is -0.334. The Kier molecular flexibility index (Phi) is 1.59. The van der Waals surface area contributed by atoms with Crippen molar-refractivity contribution in [3.63, 3.8) is 0 Å². The van der Waals surface area contributed by atoms with E-state index >= 15 is 0 Å². The minimum Gasteiger partial charge on any atom is -0.368 e. The second kappa shape index (κ2) is 2.65. The van der Waals surface area contributed by atoms with E-state index in [2.05, 4.69) is 5.32 Å². The van der Waals surface area contributed by atoms with Gasteiger partial charge < -0.3 is 16.0 Å². The van der Waals surface area contributed by atoms with E-state index in [0.717, 1.165) is 25.2 Å². The minimum atomic E-state index is -0.370. The highest BCUT2D eigenvalue weighted by Crippen LogP contribution is 2.67. The molecule has 3 saturated carbocycles. The third kappa shape index (κ3) is 1.03. The van der Waals surface area contributed by atoms with Crippen LogP contribution in [-0.4, -0.2) is 36.0 Å². The van der Waals surface area contributed by atoms with Gasteiger partial charge in [0.25, 0.3) is 0 Å². The number of amides is 3. The third-order valence-electron chi connectivity index (χ3n) is 4.14. The molecule has 0 spiro atoms. The Hall–Kier alpha value is -1.26. The average Bonchev–Trinajstić information content (AvgIpc) is 2.40. The summed E-state index contributed by atoms with van der Waals surface area (Å²) in [5, 5.41) is 2.72. The summed E-state index contributed by atoms with van der Waals surface area (Å²) in [6.07, 6.45) is 3.22. The van der Waals surface area contributed by atoms with Crippen LogP contribution in [0, 0.1) is 11.3 Å². The topological polar surface area (TPSA) is 75.4 Å². The van der Waals surface area contributed by atoms with E-state index in [9.17, 15) is 9.59 Å². The first-order chi connectivity index (χ1) is 7.12. The second-order valence-corrected chi connectivity index (χ2v) is 5.07. The Balaban J connectivity index is 1.84. The quantitative estimate of drug-likeness (QED) is 0.667. The zero-order chi connectivity index (χ0) is 10.6. The first-order valence-corrected chi connectivity index (χ1v) is 5.46. The predicted molar refractivity (Wildman–Crippen MR) is 52.9 cm³/mol. The molecule has 0 aromatic heterocycles. The highest BCUT2D eigenvalue weighted by molar-refractivity contribution is 5.88. The van der Waals surface area contributed by atoms with E-state index < -0.39 is 0 Å². The summed E-state index contributed by atoms with van der Waals surface area (Å²) in [4.78, 5) is 24.7. The molecule has 1 atom stereocenters. The Bertz CT molecular complexity index is 325. The average molecular weight is 209 g/mol. The van der Waals surface area contributed by atoms with E-state index in [1.54, 1.807) is 4.90 Å². The summed E-state index contributed by atoms with van der Waals surface area (Å²) in [7, 11) is 0. The summed E-state index contributed by atoms with van der Waals surface area (Å²) in [5.41, 5.74) is 5.48. The van der Waals surface area contributed by atoms with Crippen molar-refractivity contribution in [1.29, 1.82) is 0 Å². The van der Waals surface area contributed by atoms with E-state index in [-0.39, 0.29) is 23.4 Å². The standard InChI is InChI=1S/C10H15N3O2/c11-8(14)7(10-3-6(4-10)5-10)13-2-1-12-9(13)15/h6-7H,1-5H2,(H2,11,14)(H,12,15). The number of hydrogen-bond donors (Lipinski definition) is 2. The van der Waals surface area contributed by atoms with Gasteiger partial charge in [-0.25, -0.2) is 4.79 Å². The monoisotopic (exact) mass is 209 g/mol. The zero-order valence-electron chi connectivity index (χ0n) is 8.53. The molecule has 1 saturated heterocycles. The SMILES string of the molecule is NC(=O)C(N1CCNC1=O)C12CC(C1)C2. The maximum atomic E-state index is 11.5. The van der Waals surface area contributed by atoms with E-state index in [4.69, 9.17) is 5.73 Å². The van der Waals surface area contributed by atoms with Gasteiger partial charge in [0.1, 0.15) is 6.04 Å².